The highest BCUT2D eigenvalue weighted by Gasteiger charge is 2.31. The first-order valence-electron chi connectivity index (χ1n) is 6.76. The van der Waals surface area contributed by atoms with E-state index in [-0.39, 0.29) is 27.1 Å². The quantitative estimate of drug-likeness (QED) is 0.440. The molecule has 138 valence electrons. The number of nitro benzene ring substituents is 1. The standard InChI is InChI=1S/C15H9ClF3NO5S/c16-10-5-8(15(17,18)19)1-4-12(10)25-9-2-3-11(20(23)24)13(6-9)26-14(22)7-21/h1-6,21H,7H2. The number of hydrogen-bond acceptors (Lipinski definition) is 6. The van der Waals surface area contributed by atoms with Gasteiger partial charge in [0, 0.05) is 12.1 Å². The third-order valence-electron chi connectivity index (χ3n) is 2.97. The van der Waals surface area contributed by atoms with Gasteiger partial charge in [0.15, 0.2) is 0 Å². The van der Waals surface area contributed by atoms with Crippen LogP contribution in [-0.2, 0) is 11.0 Å². The van der Waals surface area contributed by atoms with E-state index in [0.29, 0.717) is 17.8 Å². The van der Waals surface area contributed by atoms with Gasteiger partial charge in [0.05, 0.1) is 20.4 Å². The molecular formula is C15H9ClF3NO5S. The van der Waals surface area contributed by atoms with Crippen molar-refractivity contribution >= 4 is 34.2 Å². The smallest absolute Gasteiger partial charge is 0.416 e. The molecule has 0 aromatic heterocycles. The number of carbonyl (C=O) groups excluding carboxylic acids is 1. The molecular weight excluding hydrogens is 399 g/mol. The van der Waals surface area contributed by atoms with Crippen LogP contribution < -0.4 is 4.74 Å². The van der Waals surface area contributed by atoms with Crippen molar-refractivity contribution in [2.75, 3.05) is 6.61 Å². The van der Waals surface area contributed by atoms with Gasteiger partial charge in [-0.25, -0.2) is 0 Å². The number of benzene rings is 2. The van der Waals surface area contributed by atoms with E-state index in [4.69, 9.17) is 21.4 Å². The van der Waals surface area contributed by atoms with Crippen LogP contribution in [0.3, 0.4) is 0 Å². The molecule has 0 aliphatic heterocycles. The lowest BCUT2D eigenvalue weighted by Crippen LogP contribution is -2.04. The average Bonchev–Trinajstić information content (AvgIpc) is 2.55. The zero-order chi connectivity index (χ0) is 19.5. The molecule has 0 spiro atoms. The van der Waals surface area contributed by atoms with Gasteiger partial charge in [0.1, 0.15) is 18.1 Å². The largest absolute Gasteiger partial charge is 0.456 e. The Morgan fingerprint density at radius 2 is 1.96 bits per heavy atom. The number of aliphatic hydroxyl groups is 1. The molecule has 0 radical (unpaired) electrons. The predicted octanol–water partition coefficient (Wildman–Crippen LogP) is 4.67. The van der Waals surface area contributed by atoms with Crippen LogP contribution in [0.25, 0.3) is 0 Å². The lowest BCUT2D eigenvalue weighted by atomic mass is 10.2. The Kier molecular flexibility index (Phi) is 6.11. The molecule has 2 aromatic rings. The number of nitro groups is 1. The summed E-state index contributed by atoms with van der Waals surface area (Å²) in [6.07, 6.45) is -4.57. The highest BCUT2D eigenvalue weighted by Crippen LogP contribution is 2.38. The highest BCUT2D eigenvalue weighted by atomic mass is 35.5. The van der Waals surface area contributed by atoms with Gasteiger partial charge in [0.2, 0.25) is 5.12 Å². The van der Waals surface area contributed by atoms with Crippen LogP contribution in [0.2, 0.25) is 5.02 Å². The molecule has 0 aliphatic rings. The fourth-order valence-electron chi connectivity index (χ4n) is 1.83. The summed E-state index contributed by atoms with van der Waals surface area (Å²) in [7, 11) is 0. The average molecular weight is 408 g/mol. The van der Waals surface area contributed by atoms with Crippen LogP contribution in [0.1, 0.15) is 5.56 Å². The molecule has 11 heteroatoms. The normalized spacial score (nSPS) is 11.3. The predicted molar refractivity (Wildman–Crippen MR) is 87.6 cm³/mol. The van der Waals surface area contributed by atoms with E-state index in [1.54, 1.807) is 0 Å². The summed E-state index contributed by atoms with van der Waals surface area (Å²) in [5, 5.41) is 18.7. The molecule has 0 amide bonds. The molecule has 0 saturated carbocycles. The number of nitrogens with zero attached hydrogens (tertiary/aromatic N) is 1. The third kappa shape index (κ3) is 4.87. The molecule has 0 fully saturated rings. The van der Waals surface area contributed by atoms with Crippen LogP contribution in [0, 0.1) is 10.1 Å². The molecule has 0 heterocycles. The van der Waals surface area contributed by atoms with E-state index >= 15 is 0 Å². The number of carbonyl (C=O) groups is 1. The maximum absolute atomic E-state index is 12.6. The van der Waals surface area contributed by atoms with E-state index in [1.165, 1.54) is 6.07 Å². The van der Waals surface area contributed by atoms with Crippen molar-refractivity contribution in [3.8, 4) is 11.5 Å². The fourth-order valence-corrected chi connectivity index (χ4v) is 2.78. The van der Waals surface area contributed by atoms with Crippen LogP contribution in [0.5, 0.6) is 11.5 Å². The summed E-state index contributed by atoms with van der Waals surface area (Å²) in [6.45, 7) is -0.822. The number of alkyl halides is 3. The van der Waals surface area contributed by atoms with Gasteiger partial charge in [-0.15, -0.1) is 0 Å². The lowest BCUT2D eigenvalue weighted by molar-refractivity contribution is -0.387. The van der Waals surface area contributed by atoms with Crippen molar-refractivity contribution in [1.29, 1.82) is 0 Å². The lowest BCUT2D eigenvalue weighted by Gasteiger charge is -2.11. The van der Waals surface area contributed by atoms with Crippen molar-refractivity contribution < 1.29 is 32.7 Å². The summed E-state index contributed by atoms with van der Waals surface area (Å²) in [6, 6.07) is 5.91. The summed E-state index contributed by atoms with van der Waals surface area (Å²) >= 11 is 6.23. The maximum atomic E-state index is 12.6. The zero-order valence-electron chi connectivity index (χ0n) is 12.6. The van der Waals surface area contributed by atoms with Crippen molar-refractivity contribution in [1.82, 2.24) is 0 Å². The topological polar surface area (TPSA) is 89.7 Å². The third-order valence-corrected chi connectivity index (χ3v) is 4.17. The van der Waals surface area contributed by atoms with Crippen molar-refractivity contribution in [2.45, 2.75) is 11.1 Å². The Hall–Kier alpha value is -2.30. The van der Waals surface area contributed by atoms with Crippen LogP contribution >= 0.6 is 23.4 Å². The molecule has 1 N–H and O–H groups in total. The van der Waals surface area contributed by atoms with Gasteiger partial charge in [-0.2, -0.15) is 13.2 Å². The summed E-state index contributed by atoms with van der Waals surface area (Å²) < 4.78 is 43.3. The molecule has 6 nitrogen and oxygen atoms in total. The Morgan fingerprint density at radius 3 is 2.50 bits per heavy atom. The Balaban J connectivity index is 2.33. The number of thioether (sulfide) groups is 1. The number of halogens is 4. The molecule has 2 rings (SSSR count). The van der Waals surface area contributed by atoms with Crippen molar-refractivity contribution in [3.63, 3.8) is 0 Å². The van der Waals surface area contributed by atoms with Gasteiger partial charge >= 0.3 is 6.18 Å². The monoisotopic (exact) mass is 407 g/mol. The van der Waals surface area contributed by atoms with Crippen molar-refractivity contribution in [3.05, 3.63) is 57.1 Å². The van der Waals surface area contributed by atoms with E-state index < -0.39 is 28.4 Å². The second-order valence-corrected chi connectivity index (χ2v) is 6.27. The fraction of sp³-hybridized carbons (Fsp3) is 0.133. The van der Waals surface area contributed by atoms with Crippen LogP contribution in [-0.4, -0.2) is 21.8 Å². The van der Waals surface area contributed by atoms with Crippen LogP contribution in [0.15, 0.2) is 41.3 Å². The molecule has 0 bridgehead atoms. The minimum atomic E-state index is -4.57. The molecule has 26 heavy (non-hydrogen) atoms. The number of aliphatic hydroxyl groups excluding tert-OH is 1. The first-order chi connectivity index (χ1) is 12.1. The van der Waals surface area contributed by atoms with E-state index in [9.17, 15) is 28.1 Å². The van der Waals surface area contributed by atoms with Gasteiger partial charge < -0.3 is 9.84 Å². The van der Waals surface area contributed by atoms with Crippen molar-refractivity contribution in [2.24, 2.45) is 0 Å². The molecule has 2 aromatic carbocycles. The first kappa shape index (κ1) is 20.0. The van der Waals surface area contributed by atoms with Gasteiger partial charge in [0.25, 0.3) is 5.69 Å². The summed E-state index contributed by atoms with van der Waals surface area (Å²) in [5.41, 5.74) is -1.34. The van der Waals surface area contributed by atoms with E-state index in [0.717, 1.165) is 24.3 Å². The molecule has 0 atom stereocenters. The minimum Gasteiger partial charge on any atom is -0.456 e. The second kappa shape index (κ2) is 7.94. The second-order valence-electron chi connectivity index (χ2n) is 4.76. The molecule has 0 saturated heterocycles. The highest BCUT2D eigenvalue weighted by molar-refractivity contribution is 8.13. The summed E-state index contributed by atoms with van der Waals surface area (Å²) in [5.74, 6) is -0.0801. The van der Waals surface area contributed by atoms with Gasteiger partial charge in [-0.3, -0.25) is 14.9 Å². The first-order valence-corrected chi connectivity index (χ1v) is 7.96. The minimum absolute atomic E-state index is 0.0190. The number of ether oxygens (including phenoxy) is 1. The van der Waals surface area contributed by atoms with E-state index in [2.05, 4.69) is 0 Å². The van der Waals surface area contributed by atoms with E-state index in [1.807, 2.05) is 0 Å². The van der Waals surface area contributed by atoms with Crippen LogP contribution in [0.4, 0.5) is 18.9 Å². The maximum Gasteiger partial charge on any atom is 0.416 e. The Bertz CT molecular complexity index is 860. The SMILES string of the molecule is O=C(CO)Sc1cc(Oc2ccc(C(F)(F)F)cc2Cl)ccc1[N+](=O)[O-]. The molecule has 0 unspecified atom stereocenters. The molecule has 0 aliphatic carbocycles. The van der Waals surface area contributed by atoms with Gasteiger partial charge in [-0.1, -0.05) is 11.6 Å². The zero-order valence-corrected chi connectivity index (χ0v) is 14.2. The number of hydrogen-bond donors (Lipinski definition) is 1. The Labute approximate surface area is 153 Å². The Morgan fingerprint density at radius 1 is 1.27 bits per heavy atom. The van der Waals surface area contributed by atoms with Gasteiger partial charge in [-0.05, 0) is 36.0 Å². The summed E-state index contributed by atoms with van der Waals surface area (Å²) in [4.78, 5) is 21.5. The number of rotatable bonds is 5.